The van der Waals surface area contributed by atoms with Crippen molar-refractivity contribution >= 4 is 29.7 Å². The maximum atomic E-state index is 12.8. The van der Waals surface area contributed by atoms with Crippen LogP contribution < -0.4 is 21.3 Å². The molecule has 0 spiro atoms. The number of nitrogens with one attached hydrogen (secondary N) is 4. The van der Waals surface area contributed by atoms with Crippen LogP contribution in [0.5, 0.6) is 5.75 Å². The Morgan fingerprint density at radius 3 is 2.11 bits per heavy atom. The summed E-state index contributed by atoms with van der Waals surface area (Å²) in [5, 5.41) is 47.3. The Bertz CT molecular complexity index is 916. The maximum Gasteiger partial charge on any atom is 0.326 e. The smallest absolute Gasteiger partial charge is 0.326 e. The molecule has 1 aliphatic rings. The molecule has 8 N–H and O–H groups in total. The predicted octanol–water partition coefficient (Wildman–Crippen LogP) is -1.92. The second kappa shape index (κ2) is 13.2. The Balaban J connectivity index is 2.04. The molecular formula is C22H30N4O9. The molecule has 1 aromatic rings. The zero-order valence-corrected chi connectivity index (χ0v) is 18.9. The molecular weight excluding hydrogens is 464 g/mol. The molecule has 4 unspecified atom stereocenters. The number of aliphatic hydroxyl groups is 1. The highest BCUT2D eigenvalue weighted by atomic mass is 16.4. The minimum atomic E-state index is -1.54. The molecule has 0 aliphatic carbocycles. The van der Waals surface area contributed by atoms with Crippen molar-refractivity contribution in [2.75, 3.05) is 13.2 Å². The number of carbonyl (C=O) groups is 5. The van der Waals surface area contributed by atoms with Crippen LogP contribution in [0.3, 0.4) is 0 Å². The number of phenols is 1. The van der Waals surface area contributed by atoms with E-state index in [1.807, 2.05) is 0 Å². The number of hydrogen-bond acceptors (Lipinski definition) is 8. The Kier molecular flexibility index (Phi) is 10.4. The number of carbonyl (C=O) groups excluding carboxylic acids is 3. The highest BCUT2D eigenvalue weighted by molar-refractivity contribution is 5.94. The largest absolute Gasteiger partial charge is 0.508 e. The van der Waals surface area contributed by atoms with Crippen molar-refractivity contribution < 1.29 is 44.4 Å². The third kappa shape index (κ3) is 8.87. The number of carboxylic acids is 2. The molecule has 1 heterocycles. The summed E-state index contributed by atoms with van der Waals surface area (Å²) in [5.74, 6) is -4.92. The molecule has 13 nitrogen and oxygen atoms in total. The molecule has 0 saturated carbocycles. The molecule has 35 heavy (non-hydrogen) atoms. The number of amides is 3. The molecule has 192 valence electrons. The van der Waals surface area contributed by atoms with Crippen molar-refractivity contribution in [3.8, 4) is 5.75 Å². The van der Waals surface area contributed by atoms with E-state index in [1.54, 1.807) is 0 Å². The molecule has 1 aromatic carbocycles. The summed E-state index contributed by atoms with van der Waals surface area (Å²) in [6.07, 6.45) is 0.515. The van der Waals surface area contributed by atoms with Crippen molar-refractivity contribution in [3.63, 3.8) is 0 Å². The normalized spacial score (nSPS) is 17.6. The van der Waals surface area contributed by atoms with Crippen LogP contribution in [0, 0.1) is 0 Å². The van der Waals surface area contributed by atoms with Gasteiger partial charge in [-0.15, -0.1) is 0 Å². The van der Waals surface area contributed by atoms with Gasteiger partial charge in [-0.25, -0.2) is 4.79 Å². The summed E-state index contributed by atoms with van der Waals surface area (Å²) < 4.78 is 0. The van der Waals surface area contributed by atoms with Crippen LogP contribution in [0.2, 0.25) is 0 Å². The summed E-state index contributed by atoms with van der Waals surface area (Å²) in [6, 6.07) is 0.944. The fourth-order valence-corrected chi connectivity index (χ4v) is 3.52. The summed E-state index contributed by atoms with van der Waals surface area (Å²) >= 11 is 0. The molecule has 0 aromatic heterocycles. The lowest BCUT2D eigenvalue weighted by Gasteiger charge is -2.24. The predicted molar refractivity (Wildman–Crippen MR) is 120 cm³/mol. The van der Waals surface area contributed by atoms with Gasteiger partial charge in [-0.3, -0.25) is 19.2 Å². The van der Waals surface area contributed by atoms with Gasteiger partial charge in [0.1, 0.15) is 23.9 Å². The van der Waals surface area contributed by atoms with Crippen LogP contribution in [-0.2, 0) is 30.4 Å². The standard InChI is InChI=1S/C22H30N4O9/c27-11-17(21(33)25-16(22(34)35)10-12-3-5-13(28)6-4-12)26-20(32)15(7-8-18(29)30)24-19(31)14-2-1-9-23-14/h3-6,14-17,23,27-28H,1-2,7-11H2,(H,24,31)(H,25,33)(H,26,32)(H,29,30)(H,34,35). The molecule has 4 atom stereocenters. The second-order valence-electron chi connectivity index (χ2n) is 8.16. The SMILES string of the molecule is O=C(O)CCC(NC(=O)C1CCCN1)C(=O)NC(CO)C(=O)NC(Cc1ccc(O)cc1)C(=O)O. The lowest BCUT2D eigenvalue weighted by molar-refractivity contribution is -0.142. The van der Waals surface area contributed by atoms with E-state index in [-0.39, 0.29) is 18.6 Å². The van der Waals surface area contributed by atoms with Crippen LogP contribution in [0.15, 0.2) is 24.3 Å². The van der Waals surface area contributed by atoms with Crippen molar-refractivity contribution in [3.05, 3.63) is 29.8 Å². The summed E-state index contributed by atoms with van der Waals surface area (Å²) in [7, 11) is 0. The summed E-state index contributed by atoms with van der Waals surface area (Å²) in [5.41, 5.74) is 0.511. The van der Waals surface area contributed by atoms with Crippen molar-refractivity contribution in [1.29, 1.82) is 0 Å². The number of carboxylic acid groups (broad SMARTS) is 2. The van der Waals surface area contributed by atoms with Crippen molar-refractivity contribution in [2.45, 2.75) is 56.3 Å². The van der Waals surface area contributed by atoms with E-state index in [1.165, 1.54) is 24.3 Å². The quantitative estimate of drug-likeness (QED) is 0.152. The molecule has 2 rings (SSSR count). The van der Waals surface area contributed by atoms with Gasteiger partial charge in [0.05, 0.1) is 12.6 Å². The minimum Gasteiger partial charge on any atom is -0.508 e. The van der Waals surface area contributed by atoms with Gasteiger partial charge < -0.3 is 41.7 Å². The van der Waals surface area contributed by atoms with Crippen LogP contribution in [0.4, 0.5) is 0 Å². The number of benzene rings is 1. The Hall–Kier alpha value is -3.71. The Morgan fingerprint density at radius 2 is 1.57 bits per heavy atom. The fourth-order valence-electron chi connectivity index (χ4n) is 3.52. The van der Waals surface area contributed by atoms with E-state index < -0.39 is 66.9 Å². The average molecular weight is 495 g/mol. The van der Waals surface area contributed by atoms with E-state index in [9.17, 15) is 39.3 Å². The molecule has 1 aliphatic heterocycles. The van der Waals surface area contributed by atoms with Crippen LogP contribution >= 0.6 is 0 Å². The van der Waals surface area contributed by atoms with E-state index in [4.69, 9.17) is 5.11 Å². The zero-order valence-electron chi connectivity index (χ0n) is 18.9. The average Bonchev–Trinajstić information content (AvgIpc) is 3.35. The van der Waals surface area contributed by atoms with E-state index >= 15 is 0 Å². The first kappa shape index (κ1) is 27.5. The van der Waals surface area contributed by atoms with Gasteiger partial charge in [-0.1, -0.05) is 12.1 Å². The van der Waals surface area contributed by atoms with E-state index in [0.717, 1.165) is 6.42 Å². The summed E-state index contributed by atoms with van der Waals surface area (Å²) in [4.78, 5) is 60.4. The van der Waals surface area contributed by atoms with Crippen LogP contribution in [0.25, 0.3) is 0 Å². The summed E-state index contributed by atoms with van der Waals surface area (Å²) in [6.45, 7) is -0.237. The van der Waals surface area contributed by atoms with E-state index in [2.05, 4.69) is 21.3 Å². The van der Waals surface area contributed by atoms with Gasteiger partial charge in [0.2, 0.25) is 17.7 Å². The van der Waals surface area contributed by atoms with Gasteiger partial charge in [0.15, 0.2) is 0 Å². The molecule has 13 heteroatoms. The fraction of sp³-hybridized carbons (Fsp3) is 0.500. The van der Waals surface area contributed by atoms with Crippen molar-refractivity contribution in [2.24, 2.45) is 0 Å². The van der Waals surface area contributed by atoms with Crippen LogP contribution in [-0.4, -0.2) is 87.4 Å². The first-order chi connectivity index (χ1) is 16.6. The number of aliphatic hydroxyl groups excluding tert-OH is 1. The molecule has 0 radical (unpaired) electrons. The highest BCUT2D eigenvalue weighted by Crippen LogP contribution is 2.12. The number of phenolic OH excluding ortho intramolecular Hbond substituents is 1. The third-order valence-corrected chi connectivity index (χ3v) is 5.46. The molecule has 1 fully saturated rings. The van der Waals surface area contributed by atoms with Gasteiger partial charge in [-0.2, -0.15) is 0 Å². The van der Waals surface area contributed by atoms with E-state index in [0.29, 0.717) is 18.5 Å². The topological polar surface area (TPSA) is 214 Å². The minimum absolute atomic E-state index is 0.0130. The van der Waals surface area contributed by atoms with Gasteiger partial charge in [-0.05, 0) is 43.5 Å². The van der Waals surface area contributed by atoms with Gasteiger partial charge in [0.25, 0.3) is 0 Å². The number of rotatable bonds is 13. The Morgan fingerprint density at radius 1 is 0.943 bits per heavy atom. The lowest BCUT2D eigenvalue weighted by Crippen LogP contribution is -2.58. The number of hydrogen-bond donors (Lipinski definition) is 8. The zero-order chi connectivity index (χ0) is 26.0. The maximum absolute atomic E-state index is 12.8. The highest BCUT2D eigenvalue weighted by Gasteiger charge is 2.31. The monoisotopic (exact) mass is 494 g/mol. The number of aromatic hydroxyl groups is 1. The lowest BCUT2D eigenvalue weighted by atomic mass is 10.1. The third-order valence-electron chi connectivity index (χ3n) is 5.46. The first-order valence-corrected chi connectivity index (χ1v) is 11.1. The Labute approximate surface area is 200 Å². The molecule has 0 bridgehead atoms. The first-order valence-electron chi connectivity index (χ1n) is 11.1. The molecule has 3 amide bonds. The van der Waals surface area contributed by atoms with Gasteiger partial charge in [0, 0.05) is 12.8 Å². The number of aliphatic carboxylic acids is 2. The second-order valence-corrected chi connectivity index (χ2v) is 8.16. The van der Waals surface area contributed by atoms with Crippen molar-refractivity contribution in [1.82, 2.24) is 21.3 Å². The molecule has 1 saturated heterocycles. The van der Waals surface area contributed by atoms with Gasteiger partial charge >= 0.3 is 11.9 Å². The van der Waals surface area contributed by atoms with Crippen LogP contribution in [0.1, 0.15) is 31.2 Å².